The molecule has 4 aromatic carbocycles. The molecule has 0 bridgehead atoms. The van der Waals surface area contributed by atoms with E-state index in [2.05, 4.69) is 126 Å². The van der Waals surface area contributed by atoms with Crippen molar-refractivity contribution in [2.24, 2.45) is 0 Å². The van der Waals surface area contributed by atoms with Gasteiger partial charge in [0.05, 0.1) is 6.04 Å². The second-order valence-electron chi connectivity index (χ2n) is 8.02. The van der Waals surface area contributed by atoms with Crippen LogP contribution >= 0.6 is 0 Å². The molecule has 0 saturated heterocycles. The summed E-state index contributed by atoms with van der Waals surface area (Å²) in [5, 5.41) is 0. The number of hydrogen-bond donors (Lipinski definition) is 0. The van der Waals surface area contributed by atoms with E-state index >= 15 is 0 Å². The first-order valence-electron chi connectivity index (χ1n) is 10.9. The number of para-hydroxylation sites is 1. The largest absolute Gasteiger partial charge is 0.353 e. The quantitative estimate of drug-likeness (QED) is 0.349. The minimum atomic E-state index is 0.139. The molecule has 4 aromatic rings. The van der Waals surface area contributed by atoms with E-state index in [1.165, 1.54) is 22.4 Å². The van der Waals surface area contributed by atoms with E-state index in [1.54, 1.807) is 0 Å². The molecule has 0 N–H and O–H groups in total. The van der Waals surface area contributed by atoms with Gasteiger partial charge in [0.25, 0.3) is 0 Å². The Morgan fingerprint density at radius 3 is 2.03 bits per heavy atom. The van der Waals surface area contributed by atoms with E-state index in [1.807, 2.05) is 6.07 Å². The fourth-order valence-electron chi connectivity index (χ4n) is 4.49. The van der Waals surface area contributed by atoms with Gasteiger partial charge in [0, 0.05) is 23.7 Å². The van der Waals surface area contributed by atoms with Crippen LogP contribution in [0.2, 0.25) is 0 Å². The summed E-state index contributed by atoms with van der Waals surface area (Å²) < 4.78 is 0. The molecule has 150 valence electrons. The molecule has 2 atom stereocenters. The van der Waals surface area contributed by atoms with E-state index < -0.39 is 0 Å². The molecule has 0 aliphatic carbocycles. The molecule has 1 heteroatoms. The lowest BCUT2D eigenvalue weighted by Gasteiger charge is -2.40. The normalized spacial score (nSPS) is 17.4. The summed E-state index contributed by atoms with van der Waals surface area (Å²) >= 11 is 0. The molecule has 0 spiro atoms. The molecule has 1 aliphatic rings. The first-order valence-corrected chi connectivity index (χ1v) is 10.9. The molecular formula is C30H25N. The molecule has 1 nitrogen and oxygen atoms in total. The predicted molar refractivity (Wildman–Crippen MR) is 129 cm³/mol. The summed E-state index contributed by atoms with van der Waals surface area (Å²) in [6, 6.07) is 40.8. The highest BCUT2D eigenvalue weighted by atomic mass is 15.2. The highest BCUT2D eigenvalue weighted by Crippen LogP contribution is 2.42. The van der Waals surface area contributed by atoms with Crippen molar-refractivity contribution in [2.75, 3.05) is 4.90 Å². The van der Waals surface area contributed by atoms with Gasteiger partial charge in [0.2, 0.25) is 0 Å². The molecule has 0 saturated carbocycles. The molecule has 31 heavy (non-hydrogen) atoms. The lowest BCUT2D eigenvalue weighted by molar-refractivity contribution is 0.568. The Kier molecular flexibility index (Phi) is 5.54. The van der Waals surface area contributed by atoms with Gasteiger partial charge in [0.15, 0.2) is 0 Å². The van der Waals surface area contributed by atoms with E-state index in [9.17, 15) is 0 Å². The van der Waals surface area contributed by atoms with Crippen molar-refractivity contribution < 1.29 is 0 Å². The molecular weight excluding hydrogens is 374 g/mol. The van der Waals surface area contributed by atoms with Crippen molar-refractivity contribution in [1.82, 2.24) is 0 Å². The van der Waals surface area contributed by atoms with E-state index in [0.717, 1.165) is 18.5 Å². The topological polar surface area (TPSA) is 3.24 Å². The maximum atomic E-state index is 3.62. The number of fused-ring (bicyclic) bond motifs is 1. The Bertz CT molecular complexity index is 1190. The second-order valence-corrected chi connectivity index (χ2v) is 8.02. The summed E-state index contributed by atoms with van der Waals surface area (Å²) in [6.07, 6.45) is 0.980. The fourth-order valence-corrected chi connectivity index (χ4v) is 4.49. The van der Waals surface area contributed by atoms with Crippen LogP contribution in [0.15, 0.2) is 115 Å². The molecule has 2 unspecified atom stereocenters. The number of benzene rings is 4. The van der Waals surface area contributed by atoms with Crippen molar-refractivity contribution in [2.45, 2.75) is 24.9 Å². The Morgan fingerprint density at radius 1 is 0.677 bits per heavy atom. The van der Waals surface area contributed by atoms with Gasteiger partial charge in [-0.15, -0.1) is 0 Å². The average molecular weight is 400 g/mol. The summed E-state index contributed by atoms with van der Waals surface area (Å²) in [6.45, 7) is 0.855. The van der Waals surface area contributed by atoms with E-state index in [4.69, 9.17) is 0 Å². The molecule has 5 rings (SSSR count). The number of nitrogens with zero attached hydrogens (tertiary/aromatic N) is 1. The fraction of sp³-hybridized carbons (Fsp3) is 0.133. The number of hydrogen-bond acceptors (Lipinski definition) is 1. The molecule has 1 heterocycles. The average Bonchev–Trinajstić information content (AvgIpc) is 2.85. The van der Waals surface area contributed by atoms with Crippen LogP contribution in [0.4, 0.5) is 5.69 Å². The van der Waals surface area contributed by atoms with Crippen LogP contribution in [0.3, 0.4) is 0 Å². The third kappa shape index (κ3) is 4.25. The van der Waals surface area contributed by atoms with Gasteiger partial charge in [-0.25, -0.2) is 0 Å². The highest BCUT2D eigenvalue weighted by molar-refractivity contribution is 5.62. The Morgan fingerprint density at radius 2 is 1.29 bits per heavy atom. The van der Waals surface area contributed by atoms with Crippen LogP contribution in [0, 0.1) is 11.8 Å². The molecule has 0 aromatic heterocycles. The van der Waals surface area contributed by atoms with Gasteiger partial charge >= 0.3 is 0 Å². The highest BCUT2D eigenvalue weighted by Gasteiger charge is 2.32. The molecule has 0 amide bonds. The lowest BCUT2D eigenvalue weighted by atomic mass is 9.81. The van der Waals surface area contributed by atoms with E-state index in [0.29, 0.717) is 5.92 Å². The van der Waals surface area contributed by atoms with Crippen LogP contribution in [-0.4, -0.2) is 6.04 Å². The minimum Gasteiger partial charge on any atom is -0.353 e. The third-order valence-corrected chi connectivity index (χ3v) is 6.01. The Balaban J connectivity index is 1.59. The third-order valence-electron chi connectivity index (χ3n) is 6.01. The first kappa shape index (κ1) is 19.2. The van der Waals surface area contributed by atoms with Gasteiger partial charge in [-0.1, -0.05) is 109 Å². The van der Waals surface area contributed by atoms with Crippen LogP contribution in [0.1, 0.15) is 34.6 Å². The van der Waals surface area contributed by atoms with Gasteiger partial charge in [-0.2, -0.15) is 0 Å². The van der Waals surface area contributed by atoms with Gasteiger partial charge in [-0.05, 0) is 41.3 Å². The summed E-state index contributed by atoms with van der Waals surface area (Å²) in [7, 11) is 0. The van der Waals surface area contributed by atoms with Gasteiger partial charge in [0.1, 0.15) is 0 Å². The Hall–Kier alpha value is -3.76. The Labute approximate surface area is 185 Å². The molecule has 1 aliphatic heterocycles. The SMILES string of the molecule is C(#CC1CC(c2ccccc2)c2ccccc2N1Cc1ccccc1)c1ccccc1. The smallest absolute Gasteiger partial charge is 0.0920 e. The first-order chi connectivity index (χ1) is 15.4. The van der Waals surface area contributed by atoms with Gasteiger partial charge < -0.3 is 4.90 Å². The van der Waals surface area contributed by atoms with Crippen LogP contribution in [0.25, 0.3) is 0 Å². The second kappa shape index (κ2) is 8.94. The summed E-state index contributed by atoms with van der Waals surface area (Å²) in [5.74, 6) is 7.41. The van der Waals surface area contributed by atoms with Crippen molar-refractivity contribution in [3.63, 3.8) is 0 Å². The standard InChI is InChI=1S/C30H25N/c1-4-12-24(13-5-1)20-21-27-22-29(26-16-8-3-9-17-26)28-18-10-11-19-30(28)31(27)23-25-14-6-2-7-15-25/h1-19,27,29H,22-23H2. The van der Waals surface area contributed by atoms with Crippen molar-refractivity contribution >= 4 is 5.69 Å². The van der Waals surface area contributed by atoms with E-state index in [-0.39, 0.29) is 6.04 Å². The molecule has 0 fully saturated rings. The monoisotopic (exact) mass is 399 g/mol. The van der Waals surface area contributed by atoms with Crippen LogP contribution in [-0.2, 0) is 6.54 Å². The number of anilines is 1. The van der Waals surface area contributed by atoms with Crippen molar-refractivity contribution in [3.8, 4) is 11.8 Å². The zero-order valence-corrected chi connectivity index (χ0v) is 17.5. The summed E-state index contributed by atoms with van der Waals surface area (Å²) in [5.41, 5.74) is 6.42. The predicted octanol–water partition coefficient (Wildman–Crippen LogP) is 6.65. The minimum absolute atomic E-state index is 0.139. The van der Waals surface area contributed by atoms with Gasteiger partial charge in [-0.3, -0.25) is 0 Å². The zero-order valence-electron chi connectivity index (χ0n) is 17.5. The lowest BCUT2D eigenvalue weighted by Crippen LogP contribution is -2.39. The van der Waals surface area contributed by atoms with Crippen molar-refractivity contribution in [1.29, 1.82) is 0 Å². The van der Waals surface area contributed by atoms with Crippen LogP contribution < -0.4 is 4.90 Å². The number of rotatable bonds is 3. The maximum absolute atomic E-state index is 3.62. The van der Waals surface area contributed by atoms with Crippen molar-refractivity contribution in [3.05, 3.63) is 138 Å². The zero-order chi connectivity index (χ0) is 20.9. The summed E-state index contributed by atoms with van der Waals surface area (Å²) in [4.78, 5) is 2.49. The maximum Gasteiger partial charge on any atom is 0.0920 e. The molecule has 0 radical (unpaired) electrons. The van der Waals surface area contributed by atoms with Crippen LogP contribution in [0.5, 0.6) is 0 Å².